The monoisotopic (exact) mass is 303 g/mol. The number of pyridine rings is 1. The van der Waals surface area contributed by atoms with Crippen molar-refractivity contribution in [2.45, 2.75) is 32.9 Å². The number of nitrogens with zero attached hydrogens (tertiary/aromatic N) is 3. The van der Waals surface area contributed by atoms with Crippen molar-refractivity contribution >= 4 is 12.2 Å². The maximum absolute atomic E-state index is 12.0. The second kappa shape index (κ2) is 6.92. The summed E-state index contributed by atoms with van der Waals surface area (Å²) in [6, 6.07) is 4.02. The van der Waals surface area contributed by atoms with Gasteiger partial charge in [-0.1, -0.05) is 12.6 Å². The van der Waals surface area contributed by atoms with Crippen LogP contribution in [0.4, 0.5) is 4.79 Å². The van der Waals surface area contributed by atoms with Crippen molar-refractivity contribution in [1.82, 2.24) is 14.8 Å². The number of piperazine rings is 1. The van der Waals surface area contributed by atoms with Crippen molar-refractivity contribution in [3.05, 3.63) is 36.2 Å². The van der Waals surface area contributed by atoms with Gasteiger partial charge in [-0.05, 0) is 38.5 Å². The van der Waals surface area contributed by atoms with Crippen LogP contribution in [-0.2, 0) is 11.3 Å². The largest absolute Gasteiger partial charge is 0.444 e. The van der Waals surface area contributed by atoms with Crippen molar-refractivity contribution in [3.63, 3.8) is 0 Å². The van der Waals surface area contributed by atoms with E-state index < -0.39 is 5.60 Å². The molecule has 0 N–H and O–H groups in total. The summed E-state index contributed by atoms with van der Waals surface area (Å²) < 4.78 is 5.41. The molecule has 0 saturated carbocycles. The summed E-state index contributed by atoms with van der Waals surface area (Å²) in [5, 5.41) is 0. The molecule has 1 aromatic rings. The van der Waals surface area contributed by atoms with Crippen molar-refractivity contribution in [3.8, 4) is 0 Å². The molecule has 2 rings (SSSR count). The predicted octanol–water partition coefficient (Wildman–Crippen LogP) is 2.78. The number of carbonyl (C=O) groups excluding carboxylic acids is 1. The highest BCUT2D eigenvalue weighted by Gasteiger charge is 2.25. The minimum absolute atomic E-state index is 0.222. The third-order valence-corrected chi connectivity index (χ3v) is 3.54. The Kier molecular flexibility index (Phi) is 5.19. The lowest BCUT2D eigenvalue weighted by atomic mass is 10.1. The van der Waals surface area contributed by atoms with Crippen molar-refractivity contribution in [2.24, 2.45) is 0 Å². The zero-order chi connectivity index (χ0) is 16.2. The summed E-state index contributed by atoms with van der Waals surface area (Å²) >= 11 is 0. The van der Waals surface area contributed by atoms with Gasteiger partial charge in [0.15, 0.2) is 0 Å². The fraction of sp³-hybridized carbons (Fsp3) is 0.529. The van der Waals surface area contributed by atoms with E-state index in [9.17, 15) is 4.79 Å². The second-order valence-corrected chi connectivity index (χ2v) is 6.50. The summed E-state index contributed by atoms with van der Waals surface area (Å²) in [5.41, 5.74) is 1.66. The summed E-state index contributed by atoms with van der Waals surface area (Å²) in [5.74, 6) is 0. The molecule has 22 heavy (non-hydrogen) atoms. The number of aromatic nitrogens is 1. The number of hydrogen-bond donors (Lipinski definition) is 0. The molecule has 0 unspecified atom stereocenters. The molecule has 5 nitrogen and oxygen atoms in total. The first-order valence-electron chi connectivity index (χ1n) is 7.65. The van der Waals surface area contributed by atoms with Gasteiger partial charge < -0.3 is 9.64 Å². The van der Waals surface area contributed by atoms with Crippen LogP contribution in [0.25, 0.3) is 6.08 Å². The first-order chi connectivity index (χ1) is 10.4. The molecule has 0 bridgehead atoms. The van der Waals surface area contributed by atoms with Gasteiger partial charge in [-0.2, -0.15) is 0 Å². The molecule has 0 atom stereocenters. The standard InChI is InChI=1S/C17H25N3O2/c1-5-15-14(7-6-8-18-15)13-19-9-11-20(12-10-19)16(21)22-17(2,3)4/h5-8H,1,9-13H2,2-4H3. The number of hydrogen-bond acceptors (Lipinski definition) is 4. The van der Waals surface area contributed by atoms with Gasteiger partial charge in [0.2, 0.25) is 0 Å². The molecule has 1 amide bonds. The summed E-state index contributed by atoms with van der Waals surface area (Å²) in [6.07, 6.45) is 3.34. The average Bonchev–Trinajstić information content (AvgIpc) is 2.47. The van der Waals surface area contributed by atoms with Crippen LogP contribution in [0.15, 0.2) is 24.9 Å². The van der Waals surface area contributed by atoms with Gasteiger partial charge in [-0.25, -0.2) is 4.79 Å². The highest BCUT2D eigenvalue weighted by Crippen LogP contribution is 2.15. The Morgan fingerprint density at radius 1 is 1.36 bits per heavy atom. The molecule has 5 heteroatoms. The smallest absolute Gasteiger partial charge is 0.410 e. The van der Waals surface area contributed by atoms with E-state index in [0.29, 0.717) is 13.1 Å². The van der Waals surface area contributed by atoms with Gasteiger partial charge in [-0.3, -0.25) is 9.88 Å². The molecule has 2 heterocycles. The molecule has 0 radical (unpaired) electrons. The van der Waals surface area contributed by atoms with Gasteiger partial charge in [-0.15, -0.1) is 0 Å². The molecular weight excluding hydrogens is 278 g/mol. The Labute approximate surface area is 132 Å². The van der Waals surface area contributed by atoms with Crippen LogP contribution in [0.2, 0.25) is 0 Å². The van der Waals surface area contributed by atoms with E-state index in [1.807, 2.05) is 26.8 Å². The molecular formula is C17H25N3O2. The van der Waals surface area contributed by atoms with Crippen LogP contribution < -0.4 is 0 Å². The summed E-state index contributed by atoms with van der Waals surface area (Å²) in [7, 11) is 0. The Morgan fingerprint density at radius 3 is 2.64 bits per heavy atom. The van der Waals surface area contributed by atoms with Crippen molar-refractivity contribution < 1.29 is 9.53 Å². The molecule has 1 aliphatic heterocycles. The fourth-order valence-corrected chi connectivity index (χ4v) is 2.42. The minimum Gasteiger partial charge on any atom is -0.444 e. The lowest BCUT2D eigenvalue weighted by molar-refractivity contribution is 0.0139. The number of ether oxygens (including phenoxy) is 1. The zero-order valence-corrected chi connectivity index (χ0v) is 13.7. The van der Waals surface area contributed by atoms with Crippen LogP contribution in [0.5, 0.6) is 0 Å². The van der Waals surface area contributed by atoms with E-state index in [0.717, 1.165) is 25.3 Å². The minimum atomic E-state index is -0.442. The second-order valence-electron chi connectivity index (χ2n) is 6.50. The number of rotatable bonds is 3. The first kappa shape index (κ1) is 16.5. The van der Waals surface area contributed by atoms with E-state index >= 15 is 0 Å². The third kappa shape index (κ3) is 4.56. The Bertz CT molecular complexity index is 529. The molecule has 120 valence electrons. The van der Waals surface area contributed by atoms with E-state index in [4.69, 9.17) is 4.74 Å². The number of amides is 1. The van der Waals surface area contributed by atoms with Gasteiger partial charge in [0.05, 0.1) is 5.69 Å². The molecule has 0 aromatic carbocycles. The number of carbonyl (C=O) groups is 1. The Balaban J connectivity index is 1.87. The maximum Gasteiger partial charge on any atom is 0.410 e. The molecule has 0 aliphatic carbocycles. The van der Waals surface area contributed by atoms with Crippen LogP contribution in [-0.4, -0.2) is 52.7 Å². The highest BCUT2D eigenvalue weighted by molar-refractivity contribution is 5.68. The summed E-state index contributed by atoms with van der Waals surface area (Å²) in [6.45, 7) is 13.4. The molecule has 1 saturated heterocycles. The van der Waals surface area contributed by atoms with E-state index in [1.165, 1.54) is 5.56 Å². The Morgan fingerprint density at radius 2 is 2.05 bits per heavy atom. The summed E-state index contributed by atoms with van der Waals surface area (Å²) in [4.78, 5) is 20.5. The van der Waals surface area contributed by atoms with Gasteiger partial charge >= 0.3 is 6.09 Å². The third-order valence-electron chi connectivity index (χ3n) is 3.54. The van der Waals surface area contributed by atoms with Gasteiger partial charge in [0.25, 0.3) is 0 Å². The highest BCUT2D eigenvalue weighted by atomic mass is 16.6. The molecule has 0 spiro atoms. The maximum atomic E-state index is 12.0. The van der Waals surface area contributed by atoms with Crippen LogP contribution in [0.3, 0.4) is 0 Å². The molecule has 1 aliphatic rings. The quantitative estimate of drug-likeness (QED) is 0.861. The lowest BCUT2D eigenvalue weighted by Gasteiger charge is -2.35. The topological polar surface area (TPSA) is 45.7 Å². The van der Waals surface area contributed by atoms with Crippen molar-refractivity contribution in [1.29, 1.82) is 0 Å². The Hall–Kier alpha value is -1.88. The average molecular weight is 303 g/mol. The SMILES string of the molecule is C=Cc1ncccc1CN1CCN(C(=O)OC(C)(C)C)CC1. The van der Waals surface area contributed by atoms with Crippen LogP contribution in [0, 0.1) is 0 Å². The zero-order valence-electron chi connectivity index (χ0n) is 13.7. The normalized spacial score (nSPS) is 16.4. The van der Waals surface area contributed by atoms with Crippen LogP contribution >= 0.6 is 0 Å². The van der Waals surface area contributed by atoms with Crippen LogP contribution in [0.1, 0.15) is 32.0 Å². The van der Waals surface area contributed by atoms with Gasteiger partial charge in [0, 0.05) is 38.9 Å². The molecule has 1 fully saturated rings. The van der Waals surface area contributed by atoms with Crippen molar-refractivity contribution in [2.75, 3.05) is 26.2 Å². The molecule has 1 aromatic heterocycles. The van der Waals surface area contributed by atoms with E-state index in [1.54, 1.807) is 17.2 Å². The predicted molar refractivity (Wildman–Crippen MR) is 87.4 cm³/mol. The fourth-order valence-electron chi connectivity index (χ4n) is 2.42. The van der Waals surface area contributed by atoms with E-state index in [2.05, 4.69) is 22.5 Å². The lowest BCUT2D eigenvalue weighted by Crippen LogP contribution is -2.49. The van der Waals surface area contributed by atoms with E-state index in [-0.39, 0.29) is 6.09 Å². The van der Waals surface area contributed by atoms with Gasteiger partial charge in [0.1, 0.15) is 5.60 Å². The first-order valence-corrected chi connectivity index (χ1v) is 7.65.